The summed E-state index contributed by atoms with van der Waals surface area (Å²) in [5.41, 5.74) is 14.1. The molecule has 0 radical (unpaired) electrons. The van der Waals surface area contributed by atoms with Crippen molar-refractivity contribution in [1.29, 1.82) is 0 Å². The van der Waals surface area contributed by atoms with Gasteiger partial charge in [-0.1, -0.05) is 158 Å². The van der Waals surface area contributed by atoms with E-state index in [2.05, 4.69) is 55.4 Å². The number of ketones is 8. The van der Waals surface area contributed by atoms with Gasteiger partial charge in [0.25, 0.3) is 0 Å². The highest BCUT2D eigenvalue weighted by Gasteiger charge is 2.31. The van der Waals surface area contributed by atoms with E-state index in [0.29, 0.717) is 232 Å². The molecule has 688 valence electrons. The first-order valence-corrected chi connectivity index (χ1v) is 48.1. The van der Waals surface area contributed by atoms with E-state index in [9.17, 15) is 38.4 Å². The summed E-state index contributed by atoms with van der Waals surface area (Å²) in [5.74, 6) is 2.82. The van der Waals surface area contributed by atoms with Crippen molar-refractivity contribution in [3.05, 3.63) is 231 Å². The number of rotatable bonds is 48. The van der Waals surface area contributed by atoms with Crippen molar-refractivity contribution < 1.29 is 76.3 Å². The van der Waals surface area contributed by atoms with Crippen LogP contribution >= 0.6 is 0 Å². The molecule has 0 unspecified atom stereocenters. The lowest BCUT2D eigenvalue weighted by Crippen LogP contribution is -2.13. The summed E-state index contributed by atoms with van der Waals surface area (Å²) in [5, 5.41) is 0. The number of hydrogen-bond acceptors (Lipinski definition) is 16. The number of ether oxygens (including phenoxy) is 8. The summed E-state index contributed by atoms with van der Waals surface area (Å²) < 4.78 is 57.7. The van der Waals surface area contributed by atoms with Crippen LogP contribution in [0, 0.1) is 0 Å². The Balaban J connectivity index is 1.49. The van der Waals surface area contributed by atoms with Crippen molar-refractivity contribution in [2.75, 3.05) is 52.9 Å². The van der Waals surface area contributed by atoms with Crippen molar-refractivity contribution in [2.24, 2.45) is 0 Å². The summed E-state index contributed by atoms with van der Waals surface area (Å²) in [4.78, 5) is 116. The highest BCUT2D eigenvalue weighted by molar-refractivity contribution is 5.99. The average Bonchev–Trinajstić information content (AvgIpc) is 0.776. The molecule has 8 aromatic carbocycles. The molecule has 16 bridgehead atoms. The Morgan fingerprint density at radius 2 is 0.250 bits per heavy atom. The van der Waals surface area contributed by atoms with E-state index in [1.165, 1.54) is 0 Å². The highest BCUT2D eigenvalue weighted by Crippen LogP contribution is 2.45. The number of hydrogen-bond donors (Lipinski definition) is 0. The second-order valence-corrected chi connectivity index (χ2v) is 35.3. The third-order valence-electron chi connectivity index (χ3n) is 24.2. The van der Waals surface area contributed by atoms with Crippen LogP contribution in [0.3, 0.4) is 0 Å². The van der Waals surface area contributed by atoms with Gasteiger partial charge in [-0.3, -0.25) is 38.4 Å². The van der Waals surface area contributed by atoms with Crippen LogP contribution in [0.5, 0.6) is 46.0 Å². The largest absolute Gasteiger partial charge is 0.493 e. The molecular weight excluding hydrogens is 1600 g/mol. The Morgan fingerprint density at radius 1 is 0.164 bits per heavy atom. The third kappa shape index (κ3) is 28.8. The number of unbranched alkanes of at least 4 members (excludes halogenated alkanes) is 16. The van der Waals surface area contributed by atoms with Crippen LogP contribution in [0.1, 0.15) is 437 Å². The number of Topliss-reactive ketones (excluding diaryl/α,β-unsaturated/α-hetero) is 8. The minimum atomic E-state index is -0.189. The Morgan fingerprint density at radius 3 is 0.320 bits per heavy atom. The van der Waals surface area contributed by atoms with Crippen LogP contribution in [0.4, 0.5) is 0 Å². The van der Waals surface area contributed by atoms with Crippen LogP contribution in [0.25, 0.3) is 0 Å². The number of benzene rings is 8. The molecule has 16 heteroatoms. The molecule has 9 rings (SSSR count). The van der Waals surface area contributed by atoms with Crippen molar-refractivity contribution in [2.45, 2.75) is 316 Å². The van der Waals surface area contributed by atoms with E-state index in [4.69, 9.17) is 37.9 Å². The first-order valence-electron chi connectivity index (χ1n) is 48.1. The van der Waals surface area contributed by atoms with Crippen molar-refractivity contribution >= 4 is 46.3 Å². The summed E-state index contributed by atoms with van der Waals surface area (Å²) in [6.07, 6.45) is 21.4. The van der Waals surface area contributed by atoms with Gasteiger partial charge in [0.1, 0.15) is 46.0 Å². The van der Waals surface area contributed by atoms with Crippen molar-refractivity contribution in [3.8, 4) is 46.0 Å². The van der Waals surface area contributed by atoms with Gasteiger partial charge in [-0.15, -0.1) is 0 Å². The fraction of sp³-hybridized carbons (Fsp3) is 0.500. The zero-order valence-electron chi connectivity index (χ0n) is 80.1. The number of carbonyl (C=O) groups excluding carboxylic acids is 8. The zero-order chi connectivity index (χ0) is 92.3. The van der Waals surface area contributed by atoms with Gasteiger partial charge in [0.05, 0.1) is 52.9 Å². The molecule has 0 saturated carbocycles. The lowest BCUT2D eigenvalue weighted by atomic mass is 9.87. The van der Waals surface area contributed by atoms with Gasteiger partial charge >= 0.3 is 0 Å². The maximum absolute atomic E-state index is 14.5. The summed E-state index contributed by atoms with van der Waals surface area (Å²) in [6, 6.07) is 30.4. The van der Waals surface area contributed by atoms with E-state index in [1.807, 2.05) is 97.1 Å². The second kappa shape index (κ2) is 51.6. The molecule has 128 heavy (non-hydrogen) atoms. The van der Waals surface area contributed by atoms with Crippen molar-refractivity contribution in [3.63, 3.8) is 0 Å². The second-order valence-electron chi connectivity index (χ2n) is 35.3. The summed E-state index contributed by atoms with van der Waals surface area (Å²) >= 11 is 0. The van der Waals surface area contributed by atoms with Gasteiger partial charge in [-0.2, -0.15) is 0 Å². The van der Waals surface area contributed by atoms with E-state index in [-0.39, 0.29) is 97.6 Å². The first kappa shape index (κ1) is 101. The fourth-order valence-electron chi connectivity index (χ4n) is 17.1. The lowest BCUT2D eigenvalue weighted by molar-refractivity contribution is 0.100. The molecule has 16 nitrogen and oxygen atoms in total. The Kier molecular flexibility index (Phi) is 40.9. The Hall–Kier alpha value is -10.5. The molecule has 0 N–H and O–H groups in total. The van der Waals surface area contributed by atoms with Crippen LogP contribution < -0.4 is 37.9 Å². The maximum Gasteiger partial charge on any atom is 0.159 e. The quantitative estimate of drug-likeness (QED) is 0.0256. The van der Waals surface area contributed by atoms with E-state index in [0.717, 1.165) is 154 Å². The Labute approximate surface area is 763 Å². The molecule has 0 spiro atoms. The van der Waals surface area contributed by atoms with Crippen LogP contribution in [-0.2, 0) is 51.4 Å². The molecule has 8 aromatic rings. The molecule has 0 fully saturated rings. The predicted octanol–water partition coefficient (Wildman–Crippen LogP) is 26.9. The molecular formula is C112H144O16. The number of fused-ring (bicyclic) bond motifs is 16. The topological polar surface area (TPSA) is 210 Å². The summed E-state index contributed by atoms with van der Waals surface area (Å²) in [7, 11) is 0. The minimum Gasteiger partial charge on any atom is -0.493 e. The van der Waals surface area contributed by atoms with Crippen molar-refractivity contribution in [1.82, 2.24) is 0 Å². The molecule has 0 atom stereocenters. The van der Waals surface area contributed by atoms with Gasteiger partial charge in [0, 0.05) is 95.9 Å². The molecule has 0 amide bonds. The first-order chi connectivity index (χ1) is 61.8. The maximum atomic E-state index is 14.5. The Bertz CT molecular complexity index is 4030. The van der Waals surface area contributed by atoms with E-state index in [1.54, 1.807) is 55.4 Å². The smallest absolute Gasteiger partial charge is 0.159 e. The van der Waals surface area contributed by atoms with Crippen LogP contribution in [0.15, 0.2) is 97.1 Å². The van der Waals surface area contributed by atoms with E-state index < -0.39 is 0 Å². The van der Waals surface area contributed by atoms with Crippen LogP contribution in [-0.4, -0.2) is 99.1 Å². The minimum absolute atomic E-state index is 0.137. The number of carbonyl (C=O) groups is 8. The molecule has 0 heterocycles. The zero-order valence-corrected chi connectivity index (χ0v) is 80.1. The van der Waals surface area contributed by atoms with Gasteiger partial charge in [0.2, 0.25) is 0 Å². The standard InChI is InChI=1S/C112H144O16/c1-17-25-33-41-121-105-89-49-81(73(9)113)50-90(105)66-92-52-83(75(11)115)54-94(107(92)123-43-35-27-19-3)68-96-56-85(77(13)117)58-98(109(96)125-45-37-29-21-5)70-100-60-87(79(15)119)62-102(111(100)127-47-39-31-23-7)72-104-64-88(80(16)120)63-103(112(104)128-48-40-32-24-8)71-101-61-86(78(14)118)59-99(110(101)126-46-38-30-22-6)69-97-57-84(76(12)116)55-95(108(97)124-44-36-28-20-4)67-93-53-82(74(10)114)51-91(65-89)106(93)122-42-34-26-18-2/h49-64H,17-48,65-72H2,1-16H3. The van der Waals surface area contributed by atoms with Gasteiger partial charge in [-0.05, 0) is 293 Å². The average molecular weight is 1750 g/mol. The normalized spacial score (nSPS) is 12.1. The highest BCUT2D eigenvalue weighted by atomic mass is 16.5. The van der Waals surface area contributed by atoms with Gasteiger partial charge in [0.15, 0.2) is 46.3 Å². The fourth-order valence-corrected chi connectivity index (χ4v) is 17.1. The van der Waals surface area contributed by atoms with Gasteiger partial charge in [-0.25, -0.2) is 0 Å². The molecule has 1 aliphatic rings. The van der Waals surface area contributed by atoms with Crippen LogP contribution in [0.2, 0.25) is 0 Å². The molecule has 0 saturated heterocycles. The van der Waals surface area contributed by atoms with E-state index >= 15 is 0 Å². The molecule has 0 aromatic heterocycles. The third-order valence-corrected chi connectivity index (χ3v) is 24.2. The molecule has 0 aliphatic heterocycles. The lowest BCUT2D eigenvalue weighted by Gasteiger charge is -2.24. The monoisotopic (exact) mass is 1750 g/mol. The molecule has 1 aliphatic carbocycles. The SMILES string of the molecule is CCCCCOc1c2cc(C(C)=O)cc1Cc1cc(C(C)=O)cc(c1OCCCCC)Cc1cc(C(C)=O)cc(c1OCCCCC)Cc1cc(C(C)=O)cc(c1OCCCCC)Cc1cc(C(C)=O)cc(c1OCCCCC)Cc1cc(C(C)=O)cc(c1OCCCCC)Cc1cc(C(C)=O)cc(c1OCCCCC)Cc1cc(C(C)=O)cc(c1OCCCCC)C2. The summed E-state index contributed by atoms with van der Waals surface area (Å²) in [6.45, 7) is 32.3. The predicted molar refractivity (Wildman–Crippen MR) is 514 cm³/mol. The van der Waals surface area contributed by atoms with Gasteiger partial charge < -0.3 is 37.9 Å².